The maximum absolute atomic E-state index is 12.4. The van der Waals surface area contributed by atoms with Crippen molar-refractivity contribution in [2.45, 2.75) is 24.6 Å². The first kappa shape index (κ1) is 19.7. The van der Waals surface area contributed by atoms with Crippen molar-refractivity contribution < 1.29 is 22.5 Å². The Hall–Kier alpha value is -2.10. The van der Waals surface area contributed by atoms with E-state index in [1.54, 1.807) is 35.2 Å². The Bertz CT molecular complexity index is 847. The lowest BCUT2D eigenvalue weighted by atomic mass is 10.1. The molecule has 0 unspecified atom stereocenters. The Balaban J connectivity index is 1.44. The fourth-order valence-corrected chi connectivity index (χ4v) is 4.35. The average Bonchev–Trinajstić information content (AvgIpc) is 3.20. The molecule has 8 nitrogen and oxygen atoms in total. The summed E-state index contributed by atoms with van der Waals surface area (Å²) < 4.78 is 37.4. The molecule has 0 saturated carbocycles. The summed E-state index contributed by atoms with van der Waals surface area (Å²) in [7, 11) is -3.48. The average molecular weight is 414 g/mol. The quantitative estimate of drug-likeness (QED) is 0.742. The summed E-state index contributed by atoms with van der Waals surface area (Å²) in [6.07, 6.45) is 2.14. The summed E-state index contributed by atoms with van der Waals surface area (Å²) >= 11 is 5.80. The van der Waals surface area contributed by atoms with Gasteiger partial charge >= 0.3 is 0 Å². The van der Waals surface area contributed by atoms with Crippen LogP contribution in [0.3, 0.4) is 0 Å². The third-order valence-electron chi connectivity index (χ3n) is 4.36. The molecule has 1 aliphatic rings. The summed E-state index contributed by atoms with van der Waals surface area (Å²) in [6.45, 7) is 0.743. The minimum absolute atomic E-state index is 0.0902. The van der Waals surface area contributed by atoms with E-state index in [0.717, 1.165) is 0 Å². The molecule has 0 spiro atoms. The molecular formula is C17H20ClN3O5S. The standard InChI is InChI=1S/C17H20ClN3O5S/c18-13-1-3-15(4-2-13)25-12-17(22)21-8-5-16(6-9-21)27(23,24)19-11-14-7-10-26-20-14/h1-4,7,10,16,19H,5-6,8-9,11-12H2. The van der Waals surface area contributed by atoms with Crippen molar-refractivity contribution in [3.05, 3.63) is 47.3 Å². The van der Waals surface area contributed by atoms with Gasteiger partial charge in [-0.1, -0.05) is 16.8 Å². The van der Waals surface area contributed by atoms with Gasteiger partial charge < -0.3 is 14.2 Å². The maximum atomic E-state index is 12.4. The number of nitrogens with zero attached hydrogens (tertiary/aromatic N) is 2. The summed E-state index contributed by atoms with van der Waals surface area (Å²) in [5, 5.41) is 3.73. The van der Waals surface area contributed by atoms with E-state index in [1.807, 2.05) is 0 Å². The third-order valence-corrected chi connectivity index (χ3v) is 6.50. The fraction of sp³-hybridized carbons (Fsp3) is 0.412. The van der Waals surface area contributed by atoms with Crippen molar-refractivity contribution in [2.24, 2.45) is 0 Å². The Labute approximate surface area is 162 Å². The van der Waals surface area contributed by atoms with Gasteiger partial charge in [-0.25, -0.2) is 13.1 Å². The normalized spacial score (nSPS) is 15.7. The van der Waals surface area contributed by atoms with Gasteiger partial charge in [-0.05, 0) is 37.1 Å². The summed E-state index contributed by atoms with van der Waals surface area (Å²) in [4.78, 5) is 13.9. The summed E-state index contributed by atoms with van der Waals surface area (Å²) in [6, 6.07) is 8.35. The van der Waals surface area contributed by atoms with Crippen LogP contribution >= 0.6 is 11.6 Å². The molecule has 146 valence electrons. The molecule has 1 fully saturated rings. The van der Waals surface area contributed by atoms with Gasteiger partial charge in [0.2, 0.25) is 10.0 Å². The SMILES string of the molecule is O=C(COc1ccc(Cl)cc1)N1CCC(S(=O)(=O)NCc2ccon2)CC1. The largest absolute Gasteiger partial charge is 0.484 e. The summed E-state index contributed by atoms with van der Waals surface area (Å²) in [5.41, 5.74) is 0.519. The predicted octanol–water partition coefficient (Wildman–Crippen LogP) is 1.82. The lowest BCUT2D eigenvalue weighted by Gasteiger charge is -2.31. The lowest BCUT2D eigenvalue weighted by Crippen LogP contribution is -2.46. The number of hydrogen-bond donors (Lipinski definition) is 1. The van der Waals surface area contributed by atoms with E-state index in [-0.39, 0.29) is 19.1 Å². The molecule has 1 aromatic carbocycles. The van der Waals surface area contributed by atoms with Crippen LogP contribution in [0.1, 0.15) is 18.5 Å². The molecule has 1 aromatic heterocycles. The molecule has 0 bridgehead atoms. The van der Waals surface area contributed by atoms with E-state index in [4.69, 9.17) is 16.3 Å². The second kappa shape index (κ2) is 8.73. The number of nitrogens with one attached hydrogen (secondary N) is 1. The monoisotopic (exact) mass is 413 g/mol. The third kappa shape index (κ3) is 5.44. The summed E-state index contributed by atoms with van der Waals surface area (Å²) in [5.74, 6) is 0.388. The van der Waals surface area contributed by atoms with Crippen LogP contribution < -0.4 is 9.46 Å². The predicted molar refractivity (Wildman–Crippen MR) is 98.8 cm³/mol. The number of carbonyl (C=O) groups excluding carboxylic acids is 1. The first-order valence-electron chi connectivity index (χ1n) is 8.48. The molecule has 1 saturated heterocycles. The molecule has 2 aromatic rings. The highest BCUT2D eigenvalue weighted by atomic mass is 35.5. The van der Waals surface area contributed by atoms with Crippen LogP contribution in [0.25, 0.3) is 0 Å². The number of likely N-dealkylation sites (tertiary alicyclic amines) is 1. The van der Waals surface area contributed by atoms with Crippen LogP contribution in [0, 0.1) is 0 Å². The van der Waals surface area contributed by atoms with E-state index in [2.05, 4.69) is 14.4 Å². The molecular weight excluding hydrogens is 394 g/mol. The first-order chi connectivity index (χ1) is 12.9. The van der Waals surface area contributed by atoms with Crippen molar-refractivity contribution >= 4 is 27.5 Å². The van der Waals surface area contributed by atoms with Crippen LogP contribution in [0.15, 0.2) is 41.1 Å². The Morgan fingerprint density at radius 2 is 1.96 bits per heavy atom. The van der Waals surface area contributed by atoms with Gasteiger partial charge in [0.1, 0.15) is 12.0 Å². The van der Waals surface area contributed by atoms with E-state index in [1.165, 1.54) is 6.26 Å². The highest BCUT2D eigenvalue weighted by molar-refractivity contribution is 7.90. The van der Waals surface area contributed by atoms with Crippen LogP contribution in [0.4, 0.5) is 0 Å². The van der Waals surface area contributed by atoms with E-state index in [9.17, 15) is 13.2 Å². The zero-order valence-corrected chi connectivity index (χ0v) is 16.1. The molecule has 1 N–H and O–H groups in total. The molecule has 2 heterocycles. The van der Waals surface area contributed by atoms with E-state index in [0.29, 0.717) is 42.4 Å². The molecule has 0 aliphatic carbocycles. The smallest absolute Gasteiger partial charge is 0.260 e. The highest BCUT2D eigenvalue weighted by Crippen LogP contribution is 2.19. The highest BCUT2D eigenvalue weighted by Gasteiger charge is 2.31. The van der Waals surface area contributed by atoms with Gasteiger partial charge in [-0.2, -0.15) is 0 Å². The number of piperidine rings is 1. The van der Waals surface area contributed by atoms with Crippen LogP contribution in [0.2, 0.25) is 5.02 Å². The van der Waals surface area contributed by atoms with Crippen LogP contribution in [-0.4, -0.2) is 49.3 Å². The van der Waals surface area contributed by atoms with Crippen molar-refractivity contribution in [3.63, 3.8) is 0 Å². The topological polar surface area (TPSA) is 102 Å². The van der Waals surface area contributed by atoms with Crippen molar-refractivity contribution in [3.8, 4) is 5.75 Å². The lowest BCUT2D eigenvalue weighted by molar-refractivity contribution is -0.134. The first-order valence-corrected chi connectivity index (χ1v) is 10.4. The van der Waals surface area contributed by atoms with Gasteiger partial charge in [-0.3, -0.25) is 4.79 Å². The van der Waals surface area contributed by atoms with E-state index >= 15 is 0 Å². The van der Waals surface area contributed by atoms with Crippen LogP contribution in [0.5, 0.6) is 5.75 Å². The van der Waals surface area contributed by atoms with Crippen LogP contribution in [-0.2, 0) is 21.4 Å². The van der Waals surface area contributed by atoms with Gasteiger partial charge in [0.15, 0.2) is 6.61 Å². The van der Waals surface area contributed by atoms with E-state index < -0.39 is 15.3 Å². The van der Waals surface area contributed by atoms with Gasteiger partial charge in [0.25, 0.3) is 5.91 Å². The van der Waals surface area contributed by atoms with Gasteiger partial charge in [0.05, 0.1) is 17.5 Å². The minimum atomic E-state index is -3.48. The number of carbonyl (C=O) groups is 1. The van der Waals surface area contributed by atoms with Gasteiger partial charge in [-0.15, -0.1) is 0 Å². The number of sulfonamides is 1. The number of aromatic nitrogens is 1. The number of halogens is 1. The number of hydrogen-bond acceptors (Lipinski definition) is 6. The van der Waals surface area contributed by atoms with Crippen molar-refractivity contribution in [2.75, 3.05) is 19.7 Å². The Kier molecular flexibility index (Phi) is 6.35. The molecule has 1 aliphatic heterocycles. The minimum Gasteiger partial charge on any atom is -0.484 e. The Morgan fingerprint density at radius 1 is 1.26 bits per heavy atom. The number of rotatable bonds is 7. The zero-order valence-electron chi connectivity index (χ0n) is 14.5. The maximum Gasteiger partial charge on any atom is 0.260 e. The second-order valence-corrected chi connectivity index (χ2v) is 8.66. The second-order valence-electron chi connectivity index (χ2n) is 6.18. The molecule has 3 rings (SSSR count). The Morgan fingerprint density at radius 3 is 2.59 bits per heavy atom. The molecule has 1 amide bonds. The van der Waals surface area contributed by atoms with Crippen molar-refractivity contribution in [1.29, 1.82) is 0 Å². The molecule has 27 heavy (non-hydrogen) atoms. The van der Waals surface area contributed by atoms with Crippen molar-refractivity contribution in [1.82, 2.24) is 14.8 Å². The molecule has 0 atom stereocenters. The number of amides is 1. The number of ether oxygens (including phenoxy) is 1. The zero-order chi connectivity index (χ0) is 19.3. The molecule has 10 heteroatoms. The van der Waals surface area contributed by atoms with Gasteiger partial charge in [0, 0.05) is 24.2 Å². The molecule has 0 radical (unpaired) electrons. The number of benzene rings is 1. The fourth-order valence-electron chi connectivity index (χ4n) is 2.80.